The van der Waals surface area contributed by atoms with E-state index in [0.29, 0.717) is 40.0 Å². The molecular formula is C19H22N2O4. The molecule has 2 aromatic heterocycles. The van der Waals surface area contributed by atoms with Crippen LogP contribution in [0.1, 0.15) is 30.5 Å². The van der Waals surface area contributed by atoms with E-state index in [9.17, 15) is 15.0 Å². The minimum atomic E-state index is -0.899. The van der Waals surface area contributed by atoms with E-state index in [0.717, 1.165) is 5.56 Å². The molecule has 3 aromatic rings. The summed E-state index contributed by atoms with van der Waals surface area (Å²) >= 11 is 0. The van der Waals surface area contributed by atoms with Crippen molar-refractivity contribution in [3.8, 4) is 11.3 Å². The summed E-state index contributed by atoms with van der Waals surface area (Å²) in [5.74, 6) is 0.429. The highest BCUT2D eigenvalue weighted by molar-refractivity contribution is 5.83. The van der Waals surface area contributed by atoms with E-state index in [2.05, 4.69) is 5.10 Å². The number of benzene rings is 1. The Morgan fingerprint density at radius 3 is 2.64 bits per heavy atom. The van der Waals surface area contributed by atoms with Crippen LogP contribution in [-0.2, 0) is 13.2 Å². The lowest BCUT2D eigenvalue weighted by atomic mass is 10.0. The van der Waals surface area contributed by atoms with E-state index in [-0.39, 0.29) is 12.0 Å². The molecule has 2 N–H and O–H groups in total. The molecule has 0 amide bonds. The van der Waals surface area contributed by atoms with Gasteiger partial charge in [-0.3, -0.25) is 9.48 Å². The smallest absolute Gasteiger partial charge is 0.196 e. The Morgan fingerprint density at radius 2 is 2.00 bits per heavy atom. The molecule has 0 spiro atoms. The molecule has 0 unspecified atom stereocenters. The van der Waals surface area contributed by atoms with Gasteiger partial charge in [0.05, 0.1) is 35.9 Å². The highest BCUT2D eigenvalue weighted by atomic mass is 16.3. The third-order valence-electron chi connectivity index (χ3n) is 4.05. The molecule has 0 aliphatic carbocycles. The van der Waals surface area contributed by atoms with Gasteiger partial charge < -0.3 is 14.6 Å². The monoisotopic (exact) mass is 342 g/mol. The van der Waals surface area contributed by atoms with Crippen molar-refractivity contribution in [3.63, 3.8) is 0 Å². The Bertz CT molecular complexity index is 993. The second kappa shape index (κ2) is 6.13. The lowest BCUT2D eigenvalue weighted by Gasteiger charge is -2.16. The van der Waals surface area contributed by atoms with Crippen LogP contribution in [0.5, 0.6) is 0 Å². The summed E-state index contributed by atoms with van der Waals surface area (Å²) in [7, 11) is 0. The topological polar surface area (TPSA) is 88.5 Å². The molecule has 0 fully saturated rings. The van der Waals surface area contributed by atoms with Crippen molar-refractivity contribution in [2.24, 2.45) is 0 Å². The Kier molecular flexibility index (Phi) is 4.26. The fraction of sp³-hybridized carbons (Fsp3) is 0.368. The number of aliphatic hydroxyl groups excluding tert-OH is 1. The maximum atomic E-state index is 12.8. The van der Waals surface area contributed by atoms with Crippen molar-refractivity contribution in [3.05, 3.63) is 51.4 Å². The molecule has 6 nitrogen and oxygen atoms in total. The standard InChI is InChI=1S/C19H22N2O4/c1-11-5-13(9-22)18-15(6-11)16(23)12(2)17(25-18)14-7-20-21(8-14)10-19(3,4)24/h5-8,22,24H,9-10H2,1-4H3. The van der Waals surface area contributed by atoms with Crippen LogP contribution in [0.4, 0.5) is 0 Å². The number of aryl methyl sites for hydroxylation is 1. The van der Waals surface area contributed by atoms with Crippen LogP contribution in [0.25, 0.3) is 22.3 Å². The SMILES string of the molecule is Cc1cc(CO)c2oc(-c3cnn(CC(C)(C)O)c3)c(C)c(=O)c2c1. The number of nitrogens with zero attached hydrogens (tertiary/aromatic N) is 2. The lowest BCUT2D eigenvalue weighted by Crippen LogP contribution is -2.26. The maximum Gasteiger partial charge on any atom is 0.196 e. The fourth-order valence-electron chi connectivity index (χ4n) is 2.98. The van der Waals surface area contributed by atoms with Gasteiger partial charge in [0, 0.05) is 17.3 Å². The van der Waals surface area contributed by atoms with Crippen LogP contribution >= 0.6 is 0 Å². The van der Waals surface area contributed by atoms with Gasteiger partial charge in [-0.2, -0.15) is 5.10 Å². The number of hydrogen-bond donors (Lipinski definition) is 2. The molecule has 132 valence electrons. The lowest BCUT2D eigenvalue weighted by molar-refractivity contribution is 0.0577. The third-order valence-corrected chi connectivity index (χ3v) is 4.05. The van der Waals surface area contributed by atoms with Crippen molar-refractivity contribution in [2.45, 2.75) is 46.4 Å². The summed E-state index contributed by atoms with van der Waals surface area (Å²) in [5, 5.41) is 24.2. The molecular weight excluding hydrogens is 320 g/mol. The number of rotatable bonds is 4. The van der Waals surface area contributed by atoms with Gasteiger partial charge in [0.1, 0.15) is 11.3 Å². The normalized spacial score (nSPS) is 12.1. The fourth-order valence-corrected chi connectivity index (χ4v) is 2.98. The van der Waals surface area contributed by atoms with Crippen LogP contribution in [-0.4, -0.2) is 25.6 Å². The van der Waals surface area contributed by atoms with Crippen LogP contribution in [0, 0.1) is 13.8 Å². The van der Waals surface area contributed by atoms with E-state index in [1.165, 1.54) is 0 Å². The summed E-state index contributed by atoms with van der Waals surface area (Å²) in [6.07, 6.45) is 3.34. The summed E-state index contributed by atoms with van der Waals surface area (Å²) in [6.45, 7) is 7.11. The average molecular weight is 342 g/mol. The molecule has 0 radical (unpaired) electrons. The zero-order valence-corrected chi connectivity index (χ0v) is 14.8. The van der Waals surface area contributed by atoms with Crippen LogP contribution in [0.2, 0.25) is 0 Å². The first-order valence-corrected chi connectivity index (χ1v) is 8.12. The second-order valence-electron chi connectivity index (χ2n) is 7.08. The van der Waals surface area contributed by atoms with E-state index < -0.39 is 5.60 Å². The molecule has 25 heavy (non-hydrogen) atoms. The van der Waals surface area contributed by atoms with Crippen LogP contribution in [0.15, 0.2) is 33.7 Å². The molecule has 0 bridgehead atoms. The molecule has 0 saturated heterocycles. The summed E-state index contributed by atoms with van der Waals surface area (Å²) in [6, 6.07) is 3.58. The predicted octanol–water partition coefficient (Wildman–Crippen LogP) is 2.54. The Hall–Kier alpha value is -2.44. The molecule has 6 heteroatoms. The molecule has 2 heterocycles. The minimum Gasteiger partial charge on any atom is -0.455 e. The van der Waals surface area contributed by atoms with Gasteiger partial charge in [-0.05, 0) is 45.4 Å². The first-order chi connectivity index (χ1) is 11.7. The predicted molar refractivity (Wildman–Crippen MR) is 95.4 cm³/mol. The zero-order valence-electron chi connectivity index (χ0n) is 14.8. The summed E-state index contributed by atoms with van der Waals surface area (Å²) < 4.78 is 7.62. The number of fused-ring (bicyclic) bond motifs is 1. The summed E-state index contributed by atoms with van der Waals surface area (Å²) in [4.78, 5) is 12.8. The van der Waals surface area contributed by atoms with Crippen molar-refractivity contribution >= 4 is 11.0 Å². The summed E-state index contributed by atoms with van der Waals surface area (Å²) in [5.41, 5.74) is 2.00. The van der Waals surface area contributed by atoms with Crippen LogP contribution < -0.4 is 5.43 Å². The zero-order chi connectivity index (χ0) is 18.4. The van der Waals surface area contributed by atoms with E-state index in [1.807, 2.05) is 13.0 Å². The molecule has 0 aliphatic rings. The number of aliphatic hydroxyl groups is 2. The first-order valence-electron chi connectivity index (χ1n) is 8.12. The Balaban J connectivity index is 2.19. The highest BCUT2D eigenvalue weighted by Gasteiger charge is 2.18. The van der Waals surface area contributed by atoms with Gasteiger partial charge in [0.25, 0.3) is 0 Å². The highest BCUT2D eigenvalue weighted by Crippen LogP contribution is 2.28. The Labute approximate surface area is 145 Å². The molecule has 0 saturated carbocycles. The molecule has 3 rings (SSSR count). The van der Waals surface area contributed by atoms with Crippen LogP contribution in [0.3, 0.4) is 0 Å². The molecule has 0 aliphatic heterocycles. The van der Waals surface area contributed by atoms with Crippen molar-refractivity contribution < 1.29 is 14.6 Å². The Morgan fingerprint density at radius 1 is 1.28 bits per heavy atom. The largest absolute Gasteiger partial charge is 0.455 e. The average Bonchev–Trinajstić information content (AvgIpc) is 2.96. The van der Waals surface area contributed by atoms with Gasteiger partial charge in [0.15, 0.2) is 5.43 Å². The maximum absolute atomic E-state index is 12.8. The molecule has 1 aromatic carbocycles. The third kappa shape index (κ3) is 3.36. The number of aromatic nitrogens is 2. The van der Waals surface area contributed by atoms with Gasteiger partial charge in [-0.1, -0.05) is 0 Å². The van der Waals surface area contributed by atoms with Gasteiger partial charge in [0.2, 0.25) is 0 Å². The quantitative estimate of drug-likeness (QED) is 0.761. The second-order valence-corrected chi connectivity index (χ2v) is 7.08. The van der Waals surface area contributed by atoms with Gasteiger partial charge in [-0.25, -0.2) is 0 Å². The van der Waals surface area contributed by atoms with E-state index >= 15 is 0 Å². The van der Waals surface area contributed by atoms with Crippen molar-refractivity contribution in [1.82, 2.24) is 9.78 Å². The minimum absolute atomic E-state index is 0.120. The first kappa shape index (κ1) is 17.4. The molecule has 0 atom stereocenters. The van der Waals surface area contributed by atoms with Gasteiger partial charge in [-0.15, -0.1) is 0 Å². The van der Waals surface area contributed by atoms with E-state index in [1.54, 1.807) is 43.9 Å². The van der Waals surface area contributed by atoms with Crippen molar-refractivity contribution in [1.29, 1.82) is 0 Å². The number of hydrogen-bond acceptors (Lipinski definition) is 5. The van der Waals surface area contributed by atoms with Gasteiger partial charge >= 0.3 is 0 Å². The van der Waals surface area contributed by atoms with Crippen molar-refractivity contribution in [2.75, 3.05) is 0 Å². The van der Waals surface area contributed by atoms with E-state index in [4.69, 9.17) is 4.42 Å².